The monoisotopic (exact) mass is 216 g/mol. The van der Waals surface area contributed by atoms with Crippen LogP contribution in [0, 0.1) is 4.64 Å². The minimum Gasteiger partial charge on any atom is -0.451 e. The number of H-pyrrole nitrogens is 1. The van der Waals surface area contributed by atoms with Gasteiger partial charge in [-0.1, -0.05) is 24.4 Å². The fourth-order valence-electron chi connectivity index (χ4n) is 1.56. The Morgan fingerprint density at radius 3 is 2.87 bits per heavy atom. The van der Waals surface area contributed by atoms with Crippen molar-refractivity contribution in [1.29, 1.82) is 0 Å². The Morgan fingerprint density at radius 1 is 1.07 bits per heavy atom. The van der Waals surface area contributed by atoms with E-state index in [1.54, 1.807) is 6.20 Å². The molecule has 15 heavy (non-hydrogen) atoms. The van der Waals surface area contributed by atoms with Gasteiger partial charge in [0.25, 0.3) is 0 Å². The van der Waals surface area contributed by atoms with E-state index < -0.39 is 0 Å². The molecule has 1 aliphatic rings. The van der Waals surface area contributed by atoms with Crippen molar-refractivity contribution in [1.82, 2.24) is 4.98 Å². The molecule has 3 rings (SSSR count). The Balaban J connectivity index is 2.15. The van der Waals surface area contributed by atoms with Gasteiger partial charge in [-0.05, 0) is 12.1 Å². The maximum Gasteiger partial charge on any atom is 0.167 e. The Kier molecular flexibility index (Phi) is 1.76. The normalized spacial score (nSPS) is 12.0. The van der Waals surface area contributed by atoms with Gasteiger partial charge in [-0.25, -0.2) is 0 Å². The molecule has 0 fully saturated rings. The molecule has 0 spiro atoms. The topological polar surface area (TPSA) is 37.0 Å². The first-order chi connectivity index (χ1) is 7.33. The van der Waals surface area contributed by atoms with Crippen molar-refractivity contribution < 1.29 is 4.74 Å². The molecule has 74 valence electrons. The zero-order valence-electron chi connectivity index (χ0n) is 7.78. The van der Waals surface area contributed by atoms with Crippen LogP contribution in [0.1, 0.15) is 0 Å². The average Bonchev–Trinajstić information content (AvgIpc) is 2.26. The van der Waals surface area contributed by atoms with Gasteiger partial charge in [0, 0.05) is 12.3 Å². The molecule has 3 nitrogen and oxygen atoms in total. The van der Waals surface area contributed by atoms with Crippen LogP contribution in [0.5, 0.6) is 11.5 Å². The Morgan fingerprint density at radius 2 is 1.93 bits per heavy atom. The molecule has 0 radical (unpaired) electrons. The van der Waals surface area contributed by atoms with E-state index in [1.807, 2.05) is 30.3 Å². The third kappa shape index (κ3) is 1.39. The van der Waals surface area contributed by atoms with Crippen LogP contribution in [0.2, 0.25) is 0 Å². The second kappa shape index (κ2) is 3.10. The first-order valence-corrected chi connectivity index (χ1v) is 5.00. The third-order valence-corrected chi connectivity index (χ3v) is 2.50. The number of hydrogen-bond acceptors (Lipinski definition) is 3. The number of hydrogen-bond donors (Lipinski definition) is 2. The minimum absolute atomic E-state index is 0.684. The summed E-state index contributed by atoms with van der Waals surface area (Å²) in [5.74, 6) is 1.60. The van der Waals surface area contributed by atoms with Gasteiger partial charge in [-0.2, -0.15) is 0 Å². The number of benzene rings is 1. The number of ether oxygens (including phenoxy) is 1. The van der Waals surface area contributed by atoms with Crippen LogP contribution in [-0.4, -0.2) is 4.98 Å². The SMILES string of the molecule is S=c1cc2c(c[nH]1)Oc1ccccc1N2. The van der Waals surface area contributed by atoms with Crippen LogP contribution in [0.4, 0.5) is 11.4 Å². The predicted octanol–water partition coefficient (Wildman–Crippen LogP) is 3.59. The van der Waals surface area contributed by atoms with Crippen molar-refractivity contribution in [3.05, 3.63) is 41.2 Å². The second-order valence-electron chi connectivity index (χ2n) is 3.30. The fraction of sp³-hybridized carbons (Fsp3) is 0. The molecule has 0 unspecified atom stereocenters. The summed E-state index contributed by atoms with van der Waals surface area (Å²) in [7, 11) is 0. The summed E-state index contributed by atoms with van der Waals surface area (Å²) >= 11 is 5.04. The highest BCUT2D eigenvalue weighted by atomic mass is 32.1. The molecule has 1 aromatic carbocycles. The Bertz CT molecular complexity index is 577. The van der Waals surface area contributed by atoms with E-state index in [-0.39, 0.29) is 0 Å². The van der Waals surface area contributed by atoms with E-state index in [0.717, 1.165) is 22.9 Å². The number of rotatable bonds is 0. The molecule has 2 heterocycles. The maximum atomic E-state index is 5.69. The lowest BCUT2D eigenvalue weighted by Crippen LogP contribution is -2.02. The van der Waals surface area contributed by atoms with Crippen molar-refractivity contribution >= 4 is 23.6 Å². The van der Waals surface area contributed by atoms with Crippen molar-refractivity contribution in [2.45, 2.75) is 0 Å². The molecule has 2 N–H and O–H groups in total. The van der Waals surface area contributed by atoms with Crippen molar-refractivity contribution in [3.63, 3.8) is 0 Å². The van der Waals surface area contributed by atoms with E-state index in [0.29, 0.717) is 4.64 Å². The lowest BCUT2D eigenvalue weighted by atomic mass is 10.2. The summed E-state index contributed by atoms with van der Waals surface area (Å²) in [5.41, 5.74) is 1.86. The number of para-hydroxylation sites is 2. The van der Waals surface area contributed by atoms with E-state index in [9.17, 15) is 0 Å². The molecule has 1 aliphatic heterocycles. The molecular weight excluding hydrogens is 208 g/mol. The van der Waals surface area contributed by atoms with Crippen molar-refractivity contribution in [2.75, 3.05) is 5.32 Å². The lowest BCUT2D eigenvalue weighted by Gasteiger charge is -2.20. The van der Waals surface area contributed by atoms with Gasteiger partial charge in [0.1, 0.15) is 4.64 Å². The summed E-state index contributed by atoms with van der Waals surface area (Å²) in [6, 6.07) is 9.64. The zero-order chi connectivity index (χ0) is 10.3. The molecule has 0 aliphatic carbocycles. The molecule has 0 saturated heterocycles. The van der Waals surface area contributed by atoms with Gasteiger partial charge in [0.15, 0.2) is 11.5 Å². The number of anilines is 2. The summed E-state index contributed by atoms with van der Waals surface area (Å²) in [4.78, 5) is 2.94. The van der Waals surface area contributed by atoms with E-state index in [2.05, 4.69) is 10.3 Å². The minimum atomic E-state index is 0.684. The number of aromatic nitrogens is 1. The van der Waals surface area contributed by atoms with Crippen LogP contribution in [0.15, 0.2) is 36.5 Å². The van der Waals surface area contributed by atoms with E-state index >= 15 is 0 Å². The molecule has 0 atom stereocenters. The van der Waals surface area contributed by atoms with Crippen molar-refractivity contribution in [3.8, 4) is 11.5 Å². The Labute approximate surface area is 91.7 Å². The van der Waals surface area contributed by atoms with Crippen LogP contribution in [0.3, 0.4) is 0 Å². The van der Waals surface area contributed by atoms with Crippen LogP contribution >= 0.6 is 12.2 Å². The highest BCUT2D eigenvalue weighted by Gasteiger charge is 2.14. The van der Waals surface area contributed by atoms with E-state index in [4.69, 9.17) is 17.0 Å². The molecule has 0 amide bonds. The summed E-state index contributed by atoms with van der Waals surface area (Å²) in [6.07, 6.45) is 1.76. The standard InChI is InChI=1S/C11H8N2OS/c15-11-5-8-10(6-12-11)14-9-4-2-1-3-7(9)13-8/h1-6,13H,(H,12,15). The van der Waals surface area contributed by atoms with E-state index in [1.165, 1.54) is 0 Å². The first kappa shape index (κ1) is 8.49. The van der Waals surface area contributed by atoms with Crippen LogP contribution in [-0.2, 0) is 0 Å². The highest BCUT2D eigenvalue weighted by Crippen LogP contribution is 2.40. The second-order valence-corrected chi connectivity index (χ2v) is 3.74. The summed E-state index contributed by atoms with van der Waals surface area (Å²) < 4.78 is 6.38. The van der Waals surface area contributed by atoms with Crippen LogP contribution in [0.25, 0.3) is 0 Å². The highest BCUT2D eigenvalue weighted by molar-refractivity contribution is 7.71. The number of nitrogens with one attached hydrogen (secondary N) is 2. The predicted molar refractivity (Wildman–Crippen MR) is 61.4 cm³/mol. The summed E-state index contributed by atoms with van der Waals surface area (Å²) in [5, 5.41) is 3.27. The van der Waals surface area contributed by atoms with Gasteiger partial charge >= 0.3 is 0 Å². The van der Waals surface area contributed by atoms with Crippen molar-refractivity contribution in [2.24, 2.45) is 0 Å². The Hall–Kier alpha value is -1.81. The molecular formula is C11H8N2OS. The number of aromatic amines is 1. The quantitative estimate of drug-likeness (QED) is 0.564. The largest absolute Gasteiger partial charge is 0.451 e. The lowest BCUT2D eigenvalue weighted by molar-refractivity contribution is 0.478. The van der Waals surface area contributed by atoms with Crippen LogP contribution < -0.4 is 10.1 Å². The van der Waals surface area contributed by atoms with Gasteiger partial charge in [-0.3, -0.25) is 0 Å². The molecule has 4 heteroatoms. The van der Waals surface area contributed by atoms with Gasteiger partial charge in [0.05, 0.1) is 11.4 Å². The van der Waals surface area contributed by atoms with Gasteiger partial charge in [-0.15, -0.1) is 0 Å². The fourth-order valence-corrected chi connectivity index (χ4v) is 1.74. The zero-order valence-corrected chi connectivity index (χ0v) is 8.60. The molecule has 1 aromatic heterocycles. The molecule has 0 saturated carbocycles. The number of fused-ring (bicyclic) bond motifs is 2. The first-order valence-electron chi connectivity index (χ1n) is 4.59. The summed E-state index contributed by atoms with van der Waals surface area (Å²) in [6.45, 7) is 0. The van der Waals surface area contributed by atoms with Gasteiger partial charge in [0.2, 0.25) is 0 Å². The molecule has 2 aromatic rings. The molecule has 0 bridgehead atoms. The average molecular weight is 216 g/mol. The maximum absolute atomic E-state index is 5.69. The smallest absolute Gasteiger partial charge is 0.167 e. The number of pyridine rings is 1. The van der Waals surface area contributed by atoms with Gasteiger partial charge < -0.3 is 15.0 Å². The third-order valence-electron chi connectivity index (χ3n) is 2.26.